The van der Waals surface area contributed by atoms with Crippen LogP contribution in [0.1, 0.15) is 22.6 Å². The third-order valence-corrected chi connectivity index (χ3v) is 3.63. The van der Waals surface area contributed by atoms with Crippen molar-refractivity contribution in [2.45, 2.75) is 26.9 Å². The van der Waals surface area contributed by atoms with Gasteiger partial charge in [-0.15, -0.1) is 0 Å². The molecule has 0 saturated heterocycles. The number of nitrogens with one attached hydrogen (secondary N) is 2. The number of fused-ring (bicyclic) bond motifs is 1. The van der Waals surface area contributed by atoms with Crippen molar-refractivity contribution >= 4 is 10.9 Å². The molecule has 2 N–H and O–H groups in total. The molecule has 0 unspecified atom stereocenters. The lowest BCUT2D eigenvalue weighted by molar-refractivity contribution is 0.392. The van der Waals surface area contributed by atoms with Gasteiger partial charge >= 0.3 is 0 Å². The molecule has 2 aromatic heterocycles. The fourth-order valence-electron chi connectivity index (χ4n) is 2.40. The molecule has 3 rings (SSSR count). The van der Waals surface area contributed by atoms with Gasteiger partial charge in [0, 0.05) is 29.7 Å². The minimum absolute atomic E-state index is 0.0556. The molecule has 108 valence electrons. The monoisotopic (exact) mass is 283 g/mol. The van der Waals surface area contributed by atoms with Crippen LogP contribution >= 0.6 is 0 Å². The fourth-order valence-corrected chi connectivity index (χ4v) is 2.40. The van der Waals surface area contributed by atoms with E-state index in [1.165, 1.54) is 0 Å². The zero-order chi connectivity index (χ0) is 14.8. The summed E-state index contributed by atoms with van der Waals surface area (Å²) in [7, 11) is 0. The Morgan fingerprint density at radius 1 is 1.24 bits per heavy atom. The van der Waals surface area contributed by atoms with Crippen LogP contribution in [0.15, 0.2) is 39.6 Å². The molecule has 0 saturated carbocycles. The second-order valence-electron chi connectivity index (χ2n) is 5.12. The third-order valence-electron chi connectivity index (χ3n) is 3.63. The molecule has 0 aliphatic heterocycles. The first-order chi connectivity index (χ1) is 10.1. The molecule has 0 fully saturated rings. The number of aromatic nitrogens is 2. The van der Waals surface area contributed by atoms with Crippen LogP contribution in [0.3, 0.4) is 0 Å². The van der Waals surface area contributed by atoms with Crippen LogP contribution in [0.25, 0.3) is 10.9 Å². The number of pyridine rings is 1. The highest BCUT2D eigenvalue weighted by Crippen LogP contribution is 2.12. The quantitative estimate of drug-likeness (QED) is 0.771. The van der Waals surface area contributed by atoms with E-state index in [9.17, 15) is 4.79 Å². The summed E-state index contributed by atoms with van der Waals surface area (Å²) in [5, 5.41) is 8.22. The fraction of sp³-hybridized carbons (Fsp3) is 0.250. The van der Waals surface area contributed by atoms with E-state index in [0.29, 0.717) is 13.1 Å². The molecule has 0 spiro atoms. The van der Waals surface area contributed by atoms with Crippen molar-refractivity contribution in [1.29, 1.82) is 0 Å². The molecule has 0 radical (unpaired) electrons. The number of aromatic amines is 1. The van der Waals surface area contributed by atoms with E-state index in [1.807, 2.05) is 44.2 Å². The van der Waals surface area contributed by atoms with Crippen LogP contribution in [0.5, 0.6) is 0 Å². The topological polar surface area (TPSA) is 70.9 Å². The van der Waals surface area contributed by atoms with Gasteiger partial charge in [0.1, 0.15) is 5.76 Å². The summed E-state index contributed by atoms with van der Waals surface area (Å²) in [5.74, 6) is 0.812. The van der Waals surface area contributed by atoms with Gasteiger partial charge in [0.15, 0.2) is 0 Å². The molecule has 2 heterocycles. The van der Waals surface area contributed by atoms with Gasteiger partial charge < -0.3 is 14.8 Å². The zero-order valence-corrected chi connectivity index (χ0v) is 12.1. The van der Waals surface area contributed by atoms with Crippen LogP contribution < -0.4 is 10.9 Å². The second kappa shape index (κ2) is 5.54. The first-order valence-corrected chi connectivity index (χ1v) is 6.88. The Hall–Kier alpha value is -2.40. The average molecular weight is 283 g/mol. The Morgan fingerprint density at radius 2 is 2.05 bits per heavy atom. The number of rotatable bonds is 4. The molecule has 0 amide bonds. The molecular weight excluding hydrogens is 266 g/mol. The van der Waals surface area contributed by atoms with Gasteiger partial charge in [0.2, 0.25) is 0 Å². The summed E-state index contributed by atoms with van der Waals surface area (Å²) in [6.45, 7) is 4.94. The first kappa shape index (κ1) is 13.6. The van der Waals surface area contributed by atoms with Crippen molar-refractivity contribution < 1.29 is 4.52 Å². The van der Waals surface area contributed by atoms with E-state index in [-0.39, 0.29) is 5.56 Å². The van der Waals surface area contributed by atoms with Crippen LogP contribution in [0, 0.1) is 13.8 Å². The number of aryl methyl sites for hydroxylation is 2. The number of hydrogen-bond donors (Lipinski definition) is 2. The van der Waals surface area contributed by atoms with Gasteiger partial charge in [-0.1, -0.05) is 23.4 Å². The number of H-pyrrole nitrogens is 1. The highest BCUT2D eigenvalue weighted by molar-refractivity contribution is 5.78. The summed E-state index contributed by atoms with van der Waals surface area (Å²) < 4.78 is 5.12. The van der Waals surface area contributed by atoms with Gasteiger partial charge in [0.05, 0.1) is 5.69 Å². The predicted molar refractivity (Wildman–Crippen MR) is 81.1 cm³/mol. The van der Waals surface area contributed by atoms with Gasteiger partial charge in [-0.3, -0.25) is 4.79 Å². The van der Waals surface area contributed by atoms with E-state index in [0.717, 1.165) is 33.5 Å². The van der Waals surface area contributed by atoms with Gasteiger partial charge in [-0.2, -0.15) is 0 Å². The average Bonchev–Trinajstić information content (AvgIpc) is 2.79. The number of para-hydroxylation sites is 1. The molecule has 5 heteroatoms. The smallest absolute Gasteiger partial charge is 0.252 e. The maximum atomic E-state index is 12.0. The molecule has 21 heavy (non-hydrogen) atoms. The summed E-state index contributed by atoms with van der Waals surface area (Å²) in [6, 6.07) is 9.69. The summed E-state index contributed by atoms with van der Waals surface area (Å²) >= 11 is 0. The van der Waals surface area contributed by atoms with Gasteiger partial charge in [0.25, 0.3) is 5.56 Å². The molecule has 0 atom stereocenters. The molecule has 5 nitrogen and oxygen atoms in total. The molecule has 3 aromatic rings. The lowest BCUT2D eigenvalue weighted by Gasteiger charge is -2.05. The summed E-state index contributed by atoms with van der Waals surface area (Å²) in [5.41, 5.74) is 3.46. The van der Waals surface area contributed by atoms with Crippen molar-refractivity contribution in [2.24, 2.45) is 0 Å². The Labute approximate surface area is 122 Å². The molecule has 0 aliphatic rings. The van der Waals surface area contributed by atoms with Crippen LogP contribution in [-0.2, 0) is 13.1 Å². The Balaban J connectivity index is 1.76. The van der Waals surface area contributed by atoms with E-state index >= 15 is 0 Å². The number of nitrogens with zero attached hydrogens (tertiary/aromatic N) is 1. The molecule has 0 aliphatic carbocycles. The van der Waals surface area contributed by atoms with Crippen molar-refractivity contribution in [3.05, 3.63) is 63.3 Å². The SMILES string of the molecule is Cc1noc(C)c1CNCc1cc2ccccc2[nH]c1=O. The largest absolute Gasteiger partial charge is 0.361 e. The minimum atomic E-state index is -0.0556. The molecule has 1 aromatic carbocycles. The summed E-state index contributed by atoms with van der Waals surface area (Å²) in [4.78, 5) is 14.9. The van der Waals surface area contributed by atoms with Gasteiger partial charge in [-0.25, -0.2) is 0 Å². The zero-order valence-electron chi connectivity index (χ0n) is 12.1. The maximum Gasteiger partial charge on any atom is 0.252 e. The second-order valence-corrected chi connectivity index (χ2v) is 5.12. The van der Waals surface area contributed by atoms with E-state index in [1.54, 1.807) is 0 Å². The molecule has 0 bridgehead atoms. The maximum absolute atomic E-state index is 12.0. The Bertz CT molecular complexity index is 813. The van der Waals surface area contributed by atoms with Crippen molar-refractivity contribution in [1.82, 2.24) is 15.5 Å². The highest BCUT2D eigenvalue weighted by atomic mass is 16.5. The molecular formula is C16H17N3O2. The Morgan fingerprint density at radius 3 is 2.81 bits per heavy atom. The highest BCUT2D eigenvalue weighted by Gasteiger charge is 2.09. The van der Waals surface area contributed by atoms with E-state index < -0.39 is 0 Å². The van der Waals surface area contributed by atoms with Crippen molar-refractivity contribution in [3.8, 4) is 0 Å². The Kier molecular flexibility index (Phi) is 3.58. The lowest BCUT2D eigenvalue weighted by Crippen LogP contribution is -2.21. The number of benzene rings is 1. The van der Waals surface area contributed by atoms with Crippen LogP contribution in [-0.4, -0.2) is 10.1 Å². The van der Waals surface area contributed by atoms with E-state index in [2.05, 4.69) is 15.5 Å². The standard InChI is InChI=1S/C16H17N3O2/c1-10-14(11(2)21-19-10)9-17-8-13-7-12-5-3-4-6-15(12)18-16(13)20/h3-7,17H,8-9H2,1-2H3,(H,18,20). The van der Waals surface area contributed by atoms with Gasteiger partial charge in [-0.05, 0) is 31.4 Å². The van der Waals surface area contributed by atoms with Crippen molar-refractivity contribution in [2.75, 3.05) is 0 Å². The lowest BCUT2D eigenvalue weighted by atomic mass is 10.1. The number of hydrogen-bond acceptors (Lipinski definition) is 4. The predicted octanol–water partition coefficient (Wildman–Crippen LogP) is 2.42. The normalized spacial score (nSPS) is 11.1. The van der Waals surface area contributed by atoms with E-state index in [4.69, 9.17) is 4.52 Å². The van der Waals surface area contributed by atoms with Crippen LogP contribution in [0.2, 0.25) is 0 Å². The van der Waals surface area contributed by atoms with Crippen molar-refractivity contribution in [3.63, 3.8) is 0 Å². The third kappa shape index (κ3) is 2.73. The summed E-state index contributed by atoms with van der Waals surface area (Å²) in [6.07, 6.45) is 0. The van der Waals surface area contributed by atoms with Crippen LogP contribution in [0.4, 0.5) is 0 Å². The minimum Gasteiger partial charge on any atom is -0.361 e. The first-order valence-electron chi connectivity index (χ1n) is 6.88.